The van der Waals surface area contributed by atoms with E-state index in [-0.39, 0.29) is 23.0 Å². The number of para-hydroxylation sites is 1. The first-order chi connectivity index (χ1) is 16.0. The van der Waals surface area contributed by atoms with Gasteiger partial charge in [0.15, 0.2) is 5.16 Å². The molecule has 7 heteroatoms. The number of nitrogens with zero attached hydrogens (tertiary/aromatic N) is 2. The first kappa shape index (κ1) is 22.2. The van der Waals surface area contributed by atoms with E-state index in [0.717, 1.165) is 12.8 Å². The number of carbonyl (C=O) groups excluding carboxylic acids is 1. The van der Waals surface area contributed by atoms with Gasteiger partial charge in [0.25, 0.3) is 5.56 Å². The van der Waals surface area contributed by atoms with Crippen LogP contribution in [0.3, 0.4) is 0 Å². The SMILES string of the molecule is O=C(CSc1nc2ccccc2c(=O)n1-c1ccc(Cl)c(Cl)c1)CC1CCc2ccccc21. The Kier molecular flexibility index (Phi) is 6.28. The van der Waals surface area contributed by atoms with Crippen LogP contribution in [0.5, 0.6) is 0 Å². The lowest BCUT2D eigenvalue weighted by atomic mass is 9.96. The largest absolute Gasteiger partial charge is 0.299 e. The van der Waals surface area contributed by atoms with E-state index in [2.05, 4.69) is 12.1 Å². The number of aromatic nitrogens is 2. The molecule has 0 saturated carbocycles. The van der Waals surface area contributed by atoms with Crippen LogP contribution in [0.15, 0.2) is 76.7 Å². The van der Waals surface area contributed by atoms with Gasteiger partial charge in [-0.1, -0.05) is 71.4 Å². The Morgan fingerprint density at radius 1 is 1.03 bits per heavy atom. The second-order valence-electron chi connectivity index (χ2n) is 8.12. The zero-order valence-corrected chi connectivity index (χ0v) is 20.0. The van der Waals surface area contributed by atoms with Crippen LogP contribution in [0.2, 0.25) is 10.0 Å². The van der Waals surface area contributed by atoms with Gasteiger partial charge in [-0.25, -0.2) is 4.98 Å². The molecule has 4 nitrogen and oxygen atoms in total. The summed E-state index contributed by atoms with van der Waals surface area (Å²) in [6.45, 7) is 0. The number of hydrogen-bond donors (Lipinski definition) is 0. The summed E-state index contributed by atoms with van der Waals surface area (Å²) >= 11 is 13.6. The number of fused-ring (bicyclic) bond motifs is 2. The second kappa shape index (κ2) is 9.34. The molecule has 4 aromatic rings. The number of Topliss-reactive ketones (excluding diaryl/α,β-unsaturated/α-hetero) is 1. The van der Waals surface area contributed by atoms with E-state index in [1.165, 1.54) is 27.5 Å². The fraction of sp³-hybridized carbons (Fsp3) is 0.192. The Labute approximate surface area is 205 Å². The van der Waals surface area contributed by atoms with Crippen molar-refractivity contribution in [1.82, 2.24) is 9.55 Å². The summed E-state index contributed by atoms with van der Waals surface area (Å²) in [5.74, 6) is 0.644. The molecule has 1 aliphatic rings. The maximum absolute atomic E-state index is 13.4. The van der Waals surface area contributed by atoms with Crippen LogP contribution >= 0.6 is 35.0 Å². The number of benzene rings is 3. The van der Waals surface area contributed by atoms with Crippen LogP contribution < -0.4 is 5.56 Å². The highest BCUT2D eigenvalue weighted by molar-refractivity contribution is 7.99. The van der Waals surface area contributed by atoms with Crippen molar-refractivity contribution in [3.8, 4) is 5.69 Å². The first-order valence-electron chi connectivity index (χ1n) is 10.7. The van der Waals surface area contributed by atoms with Crippen molar-refractivity contribution in [3.63, 3.8) is 0 Å². The number of rotatable bonds is 6. The molecule has 1 atom stereocenters. The van der Waals surface area contributed by atoms with Crippen LogP contribution in [-0.2, 0) is 11.2 Å². The summed E-state index contributed by atoms with van der Waals surface area (Å²) in [7, 11) is 0. The molecule has 1 unspecified atom stereocenters. The van der Waals surface area contributed by atoms with Gasteiger partial charge in [-0.2, -0.15) is 0 Å². The average Bonchev–Trinajstić information content (AvgIpc) is 3.22. The van der Waals surface area contributed by atoms with Gasteiger partial charge in [0.2, 0.25) is 0 Å². The van der Waals surface area contributed by atoms with Crippen LogP contribution in [-0.4, -0.2) is 21.1 Å². The highest BCUT2D eigenvalue weighted by atomic mass is 35.5. The monoisotopic (exact) mass is 494 g/mol. The fourth-order valence-electron chi connectivity index (χ4n) is 4.40. The standard InChI is InChI=1S/C26H20Cl2N2O2S/c27-22-12-11-18(14-23(22)28)30-25(32)21-7-3-4-8-24(21)29-26(30)33-15-19(31)13-17-10-9-16-5-1-2-6-20(16)17/h1-8,11-12,14,17H,9-10,13,15H2. The molecule has 0 spiro atoms. The molecule has 33 heavy (non-hydrogen) atoms. The number of hydrogen-bond acceptors (Lipinski definition) is 4. The average molecular weight is 495 g/mol. The van der Waals surface area contributed by atoms with Crippen molar-refractivity contribution < 1.29 is 4.79 Å². The minimum Gasteiger partial charge on any atom is -0.299 e. The molecule has 0 bridgehead atoms. The summed E-state index contributed by atoms with van der Waals surface area (Å²) in [6.07, 6.45) is 2.51. The minimum absolute atomic E-state index is 0.143. The number of thioether (sulfide) groups is 1. The lowest BCUT2D eigenvalue weighted by Gasteiger charge is -2.14. The van der Waals surface area contributed by atoms with Gasteiger partial charge in [0.1, 0.15) is 5.78 Å². The molecular weight excluding hydrogens is 475 g/mol. The molecule has 166 valence electrons. The fourth-order valence-corrected chi connectivity index (χ4v) is 5.58. The summed E-state index contributed by atoms with van der Waals surface area (Å²) in [4.78, 5) is 31.0. The number of aryl methyl sites for hydroxylation is 1. The van der Waals surface area contributed by atoms with E-state index in [9.17, 15) is 9.59 Å². The molecule has 0 aliphatic heterocycles. The Morgan fingerprint density at radius 3 is 2.67 bits per heavy atom. The van der Waals surface area contributed by atoms with Crippen molar-refractivity contribution in [1.29, 1.82) is 0 Å². The quantitative estimate of drug-likeness (QED) is 0.227. The van der Waals surface area contributed by atoms with Crippen molar-refractivity contribution in [2.75, 3.05) is 5.75 Å². The Hall–Kier alpha value is -2.60. The molecule has 0 N–H and O–H groups in total. The van der Waals surface area contributed by atoms with E-state index in [0.29, 0.717) is 38.2 Å². The van der Waals surface area contributed by atoms with E-state index < -0.39 is 0 Å². The van der Waals surface area contributed by atoms with Crippen molar-refractivity contribution >= 4 is 51.6 Å². The topological polar surface area (TPSA) is 52.0 Å². The van der Waals surface area contributed by atoms with E-state index in [1.54, 1.807) is 36.4 Å². The van der Waals surface area contributed by atoms with Gasteiger partial charge in [-0.15, -0.1) is 0 Å². The Morgan fingerprint density at radius 2 is 1.82 bits per heavy atom. The molecular formula is C26H20Cl2N2O2S. The van der Waals surface area contributed by atoms with E-state index >= 15 is 0 Å². The Balaban J connectivity index is 1.44. The summed E-state index contributed by atoms with van der Waals surface area (Å²) in [6, 6.07) is 20.6. The molecule has 0 amide bonds. The zero-order chi connectivity index (χ0) is 22.9. The maximum atomic E-state index is 13.4. The number of ketones is 1. The Bertz CT molecular complexity index is 1430. The molecule has 5 rings (SSSR count). The molecule has 0 radical (unpaired) electrons. The summed E-state index contributed by atoms with van der Waals surface area (Å²) in [5, 5.41) is 1.71. The molecule has 1 aromatic heterocycles. The maximum Gasteiger partial charge on any atom is 0.266 e. The number of halogens is 2. The molecule has 1 aliphatic carbocycles. The number of carbonyl (C=O) groups is 1. The van der Waals surface area contributed by atoms with Gasteiger partial charge in [0, 0.05) is 6.42 Å². The lowest BCUT2D eigenvalue weighted by molar-refractivity contribution is -0.116. The highest BCUT2D eigenvalue weighted by Crippen LogP contribution is 2.36. The van der Waals surface area contributed by atoms with E-state index in [1.807, 2.05) is 18.2 Å². The normalized spacial score (nSPS) is 15.0. The predicted octanol–water partition coefficient (Wildman–Crippen LogP) is 6.47. The third-order valence-corrected chi connectivity index (χ3v) is 7.74. The highest BCUT2D eigenvalue weighted by Gasteiger charge is 2.24. The third kappa shape index (κ3) is 4.45. The smallest absolute Gasteiger partial charge is 0.266 e. The van der Waals surface area contributed by atoms with Crippen molar-refractivity contribution in [2.45, 2.75) is 30.3 Å². The van der Waals surface area contributed by atoms with Crippen LogP contribution in [0.4, 0.5) is 0 Å². The van der Waals surface area contributed by atoms with Crippen LogP contribution in [0.1, 0.15) is 29.9 Å². The molecule has 1 heterocycles. The van der Waals surface area contributed by atoms with E-state index in [4.69, 9.17) is 28.2 Å². The van der Waals surface area contributed by atoms with Crippen LogP contribution in [0, 0.1) is 0 Å². The van der Waals surface area contributed by atoms with Gasteiger partial charge in [-0.05, 0) is 60.2 Å². The third-order valence-electron chi connectivity index (χ3n) is 6.00. The van der Waals surface area contributed by atoms with Crippen LogP contribution in [0.25, 0.3) is 16.6 Å². The van der Waals surface area contributed by atoms with Gasteiger partial charge in [-0.3, -0.25) is 14.2 Å². The van der Waals surface area contributed by atoms with Crippen molar-refractivity contribution in [2.24, 2.45) is 0 Å². The molecule has 3 aromatic carbocycles. The summed E-state index contributed by atoms with van der Waals surface area (Å²) in [5.41, 5.74) is 3.57. The van der Waals surface area contributed by atoms with Crippen molar-refractivity contribution in [3.05, 3.63) is 98.3 Å². The van der Waals surface area contributed by atoms with Gasteiger partial charge < -0.3 is 0 Å². The second-order valence-corrected chi connectivity index (χ2v) is 9.87. The predicted molar refractivity (Wildman–Crippen MR) is 135 cm³/mol. The summed E-state index contributed by atoms with van der Waals surface area (Å²) < 4.78 is 1.51. The molecule has 0 saturated heterocycles. The first-order valence-corrected chi connectivity index (χ1v) is 12.4. The lowest BCUT2D eigenvalue weighted by Crippen LogP contribution is -2.22. The zero-order valence-electron chi connectivity index (χ0n) is 17.6. The molecule has 0 fully saturated rings. The minimum atomic E-state index is -0.210. The van der Waals surface area contributed by atoms with Gasteiger partial charge >= 0.3 is 0 Å². The van der Waals surface area contributed by atoms with Gasteiger partial charge in [0.05, 0.1) is 32.4 Å².